The second-order valence-electron chi connectivity index (χ2n) is 6.64. The minimum absolute atomic E-state index is 0.0752. The lowest BCUT2D eigenvalue weighted by atomic mass is 10.0. The van der Waals surface area contributed by atoms with Gasteiger partial charge >= 0.3 is 0 Å². The van der Waals surface area contributed by atoms with Gasteiger partial charge in [-0.15, -0.1) is 0 Å². The van der Waals surface area contributed by atoms with Crippen LogP contribution in [0, 0.1) is 0 Å². The third kappa shape index (κ3) is 5.32. The molecule has 0 spiro atoms. The molecule has 1 fully saturated rings. The largest absolute Gasteiger partial charge is 0.497 e. The molecule has 0 atom stereocenters. The molecule has 1 aromatic carbocycles. The van der Waals surface area contributed by atoms with Crippen LogP contribution in [0.4, 0.5) is 0 Å². The van der Waals surface area contributed by atoms with E-state index in [9.17, 15) is 9.59 Å². The summed E-state index contributed by atoms with van der Waals surface area (Å²) in [6.45, 7) is 0.618. The molecule has 1 N–H and O–H groups in total. The van der Waals surface area contributed by atoms with Gasteiger partial charge in [-0.05, 0) is 25.0 Å². The minimum atomic E-state index is -0.249. The summed E-state index contributed by atoms with van der Waals surface area (Å²) in [5.41, 5.74) is 0.818. The maximum Gasteiger partial charge on any atom is 0.258 e. The molecule has 27 heavy (non-hydrogen) atoms. The molecular formula is C20H25N3O4. The van der Waals surface area contributed by atoms with Gasteiger partial charge in [0.1, 0.15) is 11.5 Å². The third-order valence-electron chi connectivity index (χ3n) is 4.76. The van der Waals surface area contributed by atoms with Crippen molar-refractivity contribution in [2.75, 3.05) is 20.3 Å². The number of hydrogen-bond acceptors (Lipinski definition) is 5. The summed E-state index contributed by atoms with van der Waals surface area (Å²) in [5.74, 6) is 1.40. The summed E-state index contributed by atoms with van der Waals surface area (Å²) >= 11 is 0. The summed E-state index contributed by atoms with van der Waals surface area (Å²) in [5, 5.41) is 2.74. The van der Waals surface area contributed by atoms with E-state index in [0.29, 0.717) is 30.5 Å². The van der Waals surface area contributed by atoms with Crippen molar-refractivity contribution in [1.29, 1.82) is 0 Å². The molecular weight excluding hydrogens is 346 g/mol. The Hall–Kier alpha value is -2.83. The van der Waals surface area contributed by atoms with Crippen LogP contribution < -0.4 is 20.3 Å². The van der Waals surface area contributed by atoms with Gasteiger partial charge in [0.2, 0.25) is 0 Å². The quantitative estimate of drug-likeness (QED) is 0.768. The van der Waals surface area contributed by atoms with Gasteiger partial charge in [0.25, 0.3) is 11.5 Å². The third-order valence-corrected chi connectivity index (χ3v) is 4.76. The molecule has 0 radical (unpaired) electrons. The van der Waals surface area contributed by atoms with Crippen LogP contribution in [-0.2, 0) is 11.3 Å². The first-order valence-electron chi connectivity index (χ1n) is 9.25. The van der Waals surface area contributed by atoms with Gasteiger partial charge in [-0.3, -0.25) is 14.2 Å². The zero-order valence-corrected chi connectivity index (χ0v) is 15.5. The molecule has 1 amide bonds. The second kappa shape index (κ2) is 9.21. The molecule has 0 unspecified atom stereocenters. The van der Waals surface area contributed by atoms with Crippen LogP contribution in [0.15, 0.2) is 41.5 Å². The molecule has 7 nitrogen and oxygen atoms in total. The minimum Gasteiger partial charge on any atom is -0.497 e. The van der Waals surface area contributed by atoms with Gasteiger partial charge in [0.05, 0.1) is 19.1 Å². The fraction of sp³-hybridized carbons (Fsp3) is 0.450. The van der Waals surface area contributed by atoms with Crippen LogP contribution in [-0.4, -0.2) is 35.7 Å². The predicted molar refractivity (Wildman–Crippen MR) is 101 cm³/mol. The van der Waals surface area contributed by atoms with Gasteiger partial charge < -0.3 is 14.8 Å². The first kappa shape index (κ1) is 18.9. The normalized spacial score (nSPS) is 14.1. The molecule has 7 heteroatoms. The monoisotopic (exact) mass is 371 g/mol. The van der Waals surface area contributed by atoms with Gasteiger partial charge in [0, 0.05) is 31.1 Å². The zero-order valence-electron chi connectivity index (χ0n) is 15.5. The van der Waals surface area contributed by atoms with Crippen molar-refractivity contribution in [3.05, 3.63) is 52.7 Å². The van der Waals surface area contributed by atoms with Crippen molar-refractivity contribution in [1.82, 2.24) is 14.9 Å². The number of carbonyl (C=O) groups excluding carboxylic acids is 1. The van der Waals surface area contributed by atoms with E-state index >= 15 is 0 Å². The fourth-order valence-electron chi connectivity index (χ4n) is 3.26. The lowest BCUT2D eigenvalue weighted by Gasteiger charge is -2.11. The molecule has 1 heterocycles. The number of benzene rings is 1. The molecule has 2 aromatic rings. The van der Waals surface area contributed by atoms with Gasteiger partial charge in [-0.25, -0.2) is 4.98 Å². The average Bonchev–Trinajstić information content (AvgIpc) is 3.22. The first-order valence-corrected chi connectivity index (χ1v) is 9.25. The topological polar surface area (TPSA) is 82.4 Å². The Morgan fingerprint density at radius 3 is 2.78 bits per heavy atom. The lowest BCUT2D eigenvalue weighted by Crippen LogP contribution is -2.33. The van der Waals surface area contributed by atoms with Crippen molar-refractivity contribution in [2.45, 2.75) is 38.1 Å². The highest BCUT2D eigenvalue weighted by atomic mass is 16.5. The highest BCUT2D eigenvalue weighted by Gasteiger charge is 2.18. The number of rotatable bonds is 8. The molecule has 144 valence electrons. The highest BCUT2D eigenvalue weighted by Crippen LogP contribution is 2.32. The van der Waals surface area contributed by atoms with Crippen molar-refractivity contribution < 1.29 is 14.3 Å². The van der Waals surface area contributed by atoms with Crippen LogP contribution in [0.5, 0.6) is 11.5 Å². The number of nitrogens with zero attached hydrogens (tertiary/aromatic N) is 2. The number of hydrogen-bond donors (Lipinski definition) is 1. The molecule has 3 rings (SSSR count). The number of carbonyl (C=O) groups is 1. The summed E-state index contributed by atoms with van der Waals surface area (Å²) < 4.78 is 12.1. The van der Waals surface area contributed by atoms with Crippen LogP contribution in [0.1, 0.15) is 37.3 Å². The van der Waals surface area contributed by atoms with E-state index in [1.807, 2.05) is 0 Å². The standard InChI is InChI=1S/C20H25N3O4/c1-26-16-7-4-8-17(11-16)27-13-19(24)21-9-10-23-14-22-18(12-20(23)25)15-5-2-3-6-15/h4,7-8,11-12,14-15H,2-3,5-6,9-10,13H2,1H3,(H,21,24). The summed E-state index contributed by atoms with van der Waals surface area (Å²) in [6.07, 6.45) is 6.22. The average molecular weight is 371 g/mol. The fourth-order valence-corrected chi connectivity index (χ4v) is 3.26. The second-order valence-corrected chi connectivity index (χ2v) is 6.64. The Morgan fingerprint density at radius 1 is 1.26 bits per heavy atom. The molecule has 1 aromatic heterocycles. The summed E-state index contributed by atoms with van der Waals surface area (Å²) in [6, 6.07) is 8.69. The highest BCUT2D eigenvalue weighted by molar-refractivity contribution is 5.77. The number of nitrogens with one attached hydrogen (secondary N) is 1. The molecule has 1 aliphatic carbocycles. The van der Waals surface area contributed by atoms with E-state index < -0.39 is 0 Å². The van der Waals surface area contributed by atoms with E-state index in [2.05, 4.69) is 10.3 Å². The molecule has 0 bridgehead atoms. The molecule has 1 saturated carbocycles. The van der Waals surface area contributed by atoms with Gasteiger partial charge in [-0.1, -0.05) is 18.9 Å². The Labute approximate surface area is 158 Å². The predicted octanol–water partition coefficient (Wildman–Crippen LogP) is 2.10. The number of aromatic nitrogens is 2. The summed E-state index contributed by atoms with van der Waals surface area (Å²) in [4.78, 5) is 28.5. The molecule has 0 saturated heterocycles. The zero-order chi connectivity index (χ0) is 19.1. The molecule has 1 aliphatic rings. The van der Waals surface area contributed by atoms with Crippen LogP contribution in [0.25, 0.3) is 0 Å². The van der Waals surface area contributed by atoms with Crippen molar-refractivity contribution in [3.63, 3.8) is 0 Å². The van der Waals surface area contributed by atoms with E-state index in [1.165, 1.54) is 17.4 Å². The van der Waals surface area contributed by atoms with Gasteiger partial charge in [-0.2, -0.15) is 0 Å². The number of amides is 1. The maximum atomic E-state index is 12.2. The van der Waals surface area contributed by atoms with Crippen LogP contribution in [0.2, 0.25) is 0 Å². The Bertz CT molecular complexity index is 828. The van der Waals surface area contributed by atoms with E-state index in [0.717, 1.165) is 18.5 Å². The Morgan fingerprint density at radius 2 is 2.04 bits per heavy atom. The lowest BCUT2D eigenvalue weighted by molar-refractivity contribution is -0.123. The van der Waals surface area contributed by atoms with E-state index in [1.54, 1.807) is 43.8 Å². The summed E-state index contributed by atoms with van der Waals surface area (Å²) in [7, 11) is 1.57. The van der Waals surface area contributed by atoms with Crippen LogP contribution in [0.3, 0.4) is 0 Å². The number of ether oxygens (including phenoxy) is 2. The Balaban J connectivity index is 1.43. The Kier molecular flexibility index (Phi) is 6.46. The van der Waals surface area contributed by atoms with E-state index in [4.69, 9.17) is 9.47 Å². The van der Waals surface area contributed by atoms with E-state index in [-0.39, 0.29) is 18.1 Å². The maximum absolute atomic E-state index is 12.2. The number of methoxy groups -OCH3 is 1. The molecule has 0 aliphatic heterocycles. The van der Waals surface area contributed by atoms with Crippen molar-refractivity contribution in [3.8, 4) is 11.5 Å². The van der Waals surface area contributed by atoms with Crippen molar-refractivity contribution in [2.24, 2.45) is 0 Å². The van der Waals surface area contributed by atoms with Gasteiger partial charge in [0.15, 0.2) is 6.61 Å². The van der Waals surface area contributed by atoms with Crippen molar-refractivity contribution >= 4 is 5.91 Å². The first-order chi connectivity index (χ1) is 13.2. The van der Waals surface area contributed by atoms with Crippen LogP contribution >= 0.6 is 0 Å². The smallest absolute Gasteiger partial charge is 0.258 e. The SMILES string of the molecule is COc1cccc(OCC(=O)NCCn2cnc(C3CCCC3)cc2=O)c1.